The summed E-state index contributed by atoms with van der Waals surface area (Å²) in [6.45, 7) is 4.21. The normalized spacial score (nSPS) is 24.6. The van der Waals surface area contributed by atoms with Gasteiger partial charge in [0.15, 0.2) is 6.35 Å². The maximum atomic E-state index is 13.4. The average Bonchev–Trinajstić information content (AvgIpc) is 3.65. The summed E-state index contributed by atoms with van der Waals surface area (Å²) in [6, 6.07) is 6.61. The minimum absolute atomic E-state index is 0.0160. The van der Waals surface area contributed by atoms with Crippen molar-refractivity contribution in [2.24, 2.45) is 15.9 Å². The Kier molecular flexibility index (Phi) is 8.34. The number of guanidine groups is 1. The maximum absolute atomic E-state index is 13.4. The van der Waals surface area contributed by atoms with Crippen LogP contribution in [0.15, 0.2) is 38.7 Å². The molecule has 3 amide bonds. The van der Waals surface area contributed by atoms with Crippen molar-refractivity contribution in [1.29, 1.82) is 0 Å². The van der Waals surface area contributed by atoms with Crippen LogP contribution in [0.3, 0.4) is 0 Å². The summed E-state index contributed by atoms with van der Waals surface area (Å²) >= 11 is 0. The molecule has 1 aromatic heterocycles. The molecule has 0 radical (unpaired) electrons. The highest BCUT2D eigenvalue weighted by molar-refractivity contribution is 6.05. The number of rotatable bonds is 5. The molecule has 5 rings (SSSR count). The molecule has 208 valence electrons. The van der Waals surface area contributed by atoms with Gasteiger partial charge in [0.05, 0.1) is 18.2 Å². The Labute approximate surface area is 226 Å². The van der Waals surface area contributed by atoms with Crippen molar-refractivity contribution >= 4 is 46.6 Å². The van der Waals surface area contributed by atoms with E-state index in [1.54, 1.807) is 17.0 Å². The fourth-order valence-electron chi connectivity index (χ4n) is 5.17. The molecule has 3 fully saturated rings. The highest BCUT2D eigenvalue weighted by Gasteiger charge is 2.30. The molecular weight excluding hydrogens is 502 g/mol. The van der Waals surface area contributed by atoms with Gasteiger partial charge in [-0.1, -0.05) is 6.42 Å². The zero-order valence-electron chi connectivity index (χ0n) is 22.1. The van der Waals surface area contributed by atoms with Crippen molar-refractivity contribution < 1.29 is 23.9 Å². The van der Waals surface area contributed by atoms with Gasteiger partial charge in [0.25, 0.3) is 0 Å². The Morgan fingerprint density at radius 1 is 1.18 bits per heavy atom. The largest absolute Gasteiger partial charge is 0.461 e. The summed E-state index contributed by atoms with van der Waals surface area (Å²) < 4.78 is 5.63. The molecule has 3 aliphatic heterocycles. The van der Waals surface area contributed by atoms with Gasteiger partial charge in [0.2, 0.25) is 23.7 Å². The van der Waals surface area contributed by atoms with E-state index in [1.807, 2.05) is 24.0 Å². The maximum Gasteiger partial charge on any atom is 0.245 e. The fourth-order valence-corrected chi connectivity index (χ4v) is 5.17. The molecule has 3 saturated heterocycles. The lowest BCUT2D eigenvalue weighted by atomic mass is 10.0. The Bertz CT molecular complexity index is 1280. The van der Waals surface area contributed by atoms with E-state index in [4.69, 9.17) is 4.42 Å². The van der Waals surface area contributed by atoms with Gasteiger partial charge >= 0.3 is 0 Å². The van der Waals surface area contributed by atoms with E-state index in [0.717, 1.165) is 55.5 Å². The second-order valence-corrected chi connectivity index (χ2v) is 10.3. The van der Waals surface area contributed by atoms with Crippen LogP contribution in [0.4, 0.5) is 5.69 Å². The molecule has 0 spiro atoms. The minimum Gasteiger partial charge on any atom is -0.461 e. The molecule has 4 heterocycles. The van der Waals surface area contributed by atoms with Crippen LogP contribution in [0.5, 0.6) is 0 Å². The molecule has 3 aliphatic rings. The van der Waals surface area contributed by atoms with Gasteiger partial charge in [-0.2, -0.15) is 0 Å². The number of hydrogen-bond acceptors (Lipinski definition) is 8. The first-order valence-corrected chi connectivity index (χ1v) is 13.5. The molecule has 12 heteroatoms. The molecule has 39 heavy (non-hydrogen) atoms. The van der Waals surface area contributed by atoms with Gasteiger partial charge in [0.1, 0.15) is 17.4 Å². The van der Waals surface area contributed by atoms with E-state index in [2.05, 4.69) is 25.9 Å². The lowest BCUT2D eigenvalue weighted by molar-refractivity contribution is -0.140. The molecule has 12 nitrogen and oxygen atoms in total. The van der Waals surface area contributed by atoms with Crippen LogP contribution in [0.25, 0.3) is 11.0 Å². The number of nitrogens with zero attached hydrogens (tertiary/aromatic N) is 4. The highest BCUT2D eigenvalue weighted by atomic mass is 16.3. The van der Waals surface area contributed by atoms with Crippen LogP contribution in [-0.2, 0) is 14.4 Å². The standard InChI is InChI=1S/C27H35N7O5/c1-17-12-19-13-20(7-8-22(19)39-17)30-26(32-24(36)21-15-29-27(38)31-21)28-14-18-6-2-3-11-34(25(18)37)16-23(35)33-9-4-5-10-33/h7-8,12-14,18,21,27,29,31,38H,2-6,9-11,15-16H2,1H3,(H,30,32,36)/b28-14-. The van der Waals surface area contributed by atoms with Crippen LogP contribution < -0.4 is 16.0 Å². The van der Waals surface area contributed by atoms with Crippen molar-refractivity contribution in [2.75, 3.05) is 32.7 Å². The number of benzene rings is 1. The number of likely N-dealkylation sites (tertiary alicyclic amines) is 2. The number of carbonyl (C=O) groups excluding carboxylic acids is 3. The van der Waals surface area contributed by atoms with Crippen LogP contribution in [0.1, 0.15) is 37.9 Å². The van der Waals surface area contributed by atoms with Crippen molar-refractivity contribution in [3.8, 4) is 0 Å². The number of fused-ring (bicyclic) bond motifs is 1. The second kappa shape index (κ2) is 12.1. The van der Waals surface area contributed by atoms with E-state index in [9.17, 15) is 19.5 Å². The molecular formula is C27H35N7O5. The molecule has 2 aromatic rings. The lowest BCUT2D eigenvalue weighted by Gasteiger charge is -2.25. The number of aliphatic hydroxyl groups is 1. The van der Waals surface area contributed by atoms with Crippen LogP contribution in [0.2, 0.25) is 0 Å². The lowest BCUT2D eigenvalue weighted by Crippen LogP contribution is -2.46. The van der Waals surface area contributed by atoms with Crippen molar-refractivity contribution in [3.63, 3.8) is 0 Å². The van der Waals surface area contributed by atoms with Crippen LogP contribution >= 0.6 is 0 Å². The smallest absolute Gasteiger partial charge is 0.245 e. The number of aryl methyl sites for hydroxylation is 1. The number of furan rings is 1. The number of aliphatic imine (C=N–C) groups is 2. The quantitative estimate of drug-likeness (QED) is 0.328. The molecule has 1 aromatic carbocycles. The summed E-state index contributed by atoms with van der Waals surface area (Å²) in [4.78, 5) is 51.4. The average molecular weight is 538 g/mol. The van der Waals surface area contributed by atoms with E-state index in [-0.39, 0.29) is 30.9 Å². The van der Waals surface area contributed by atoms with E-state index < -0.39 is 24.2 Å². The topological polar surface area (TPSA) is 152 Å². The van der Waals surface area contributed by atoms with Gasteiger partial charge in [0, 0.05) is 37.8 Å². The SMILES string of the molecule is Cc1cc2cc(N=C(/N=C\C3CCCCN(CC(=O)N4CCCC4)C3=O)NC(=O)C3CNC(O)N3)ccc2o1. The fraction of sp³-hybridized carbons (Fsp3) is 0.519. The first-order chi connectivity index (χ1) is 18.9. The third kappa shape index (κ3) is 6.70. The van der Waals surface area contributed by atoms with Gasteiger partial charge in [-0.3, -0.25) is 30.3 Å². The minimum atomic E-state index is -0.978. The Morgan fingerprint density at radius 2 is 1.97 bits per heavy atom. The molecule has 0 aliphatic carbocycles. The Balaban J connectivity index is 1.35. The van der Waals surface area contributed by atoms with Gasteiger partial charge in [-0.25, -0.2) is 9.98 Å². The van der Waals surface area contributed by atoms with Gasteiger partial charge in [-0.05, 0) is 56.9 Å². The predicted octanol–water partition coefficient (Wildman–Crippen LogP) is 1.00. The number of nitrogens with one attached hydrogen (secondary N) is 3. The summed E-state index contributed by atoms with van der Waals surface area (Å²) in [5, 5.41) is 18.7. The third-order valence-corrected chi connectivity index (χ3v) is 7.27. The number of aliphatic hydroxyl groups excluding tert-OH is 1. The van der Waals surface area contributed by atoms with E-state index in [0.29, 0.717) is 18.7 Å². The van der Waals surface area contributed by atoms with Crippen molar-refractivity contribution in [2.45, 2.75) is 51.4 Å². The van der Waals surface area contributed by atoms with Crippen molar-refractivity contribution in [3.05, 3.63) is 30.0 Å². The Morgan fingerprint density at radius 3 is 2.74 bits per heavy atom. The van der Waals surface area contributed by atoms with Gasteiger partial charge in [-0.15, -0.1) is 0 Å². The first kappa shape index (κ1) is 27.0. The highest BCUT2D eigenvalue weighted by Crippen LogP contribution is 2.24. The number of hydrogen-bond donors (Lipinski definition) is 4. The monoisotopic (exact) mass is 537 g/mol. The van der Waals surface area contributed by atoms with Crippen LogP contribution in [-0.4, -0.2) is 89.9 Å². The van der Waals surface area contributed by atoms with Gasteiger partial charge < -0.3 is 19.3 Å². The number of amides is 3. The predicted molar refractivity (Wildman–Crippen MR) is 145 cm³/mol. The summed E-state index contributed by atoms with van der Waals surface area (Å²) in [5.74, 6) is -0.310. The zero-order chi connectivity index (χ0) is 27.4. The summed E-state index contributed by atoms with van der Waals surface area (Å²) in [5.41, 5.74) is 1.28. The third-order valence-electron chi connectivity index (χ3n) is 7.27. The second-order valence-electron chi connectivity index (χ2n) is 10.3. The molecule has 3 atom stereocenters. The molecule has 3 unspecified atom stereocenters. The van der Waals surface area contributed by atoms with Crippen molar-refractivity contribution in [1.82, 2.24) is 25.8 Å². The van der Waals surface area contributed by atoms with E-state index >= 15 is 0 Å². The summed E-state index contributed by atoms with van der Waals surface area (Å²) in [6.07, 6.45) is 4.78. The molecule has 0 bridgehead atoms. The zero-order valence-corrected chi connectivity index (χ0v) is 22.1. The number of carbonyl (C=O) groups is 3. The Hall–Kier alpha value is -3.61. The van der Waals surface area contributed by atoms with E-state index in [1.165, 1.54) is 6.21 Å². The molecule has 4 N–H and O–H groups in total. The van der Waals surface area contributed by atoms with Crippen LogP contribution in [0, 0.1) is 12.8 Å². The molecule has 0 saturated carbocycles. The first-order valence-electron chi connectivity index (χ1n) is 13.5. The summed E-state index contributed by atoms with van der Waals surface area (Å²) in [7, 11) is 0.